The summed E-state index contributed by atoms with van der Waals surface area (Å²) in [5, 5.41) is 33.9. The summed E-state index contributed by atoms with van der Waals surface area (Å²) in [7, 11) is 0. The van der Waals surface area contributed by atoms with Gasteiger partial charge in [-0.15, -0.1) is 0 Å². The summed E-state index contributed by atoms with van der Waals surface area (Å²) in [4.78, 5) is 41.5. The Kier molecular flexibility index (Phi) is 4.25. The molecular formula is C18H9N7O5. The third kappa shape index (κ3) is 3.12. The number of fused-ring (bicyclic) bond motifs is 3. The lowest BCUT2D eigenvalue weighted by atomic mass is 10.1. The van der Waals surface area contributed by atoms with Crippen molar-refractivity contribution in [3.05, 3.63) is 80.0 Å². The van der Waals surface area contributed by atoms with Crippen molar-refractivity contribution in [3.63, 3.8) is 0 Å². The topological polar surface area (TPSA) is 169 Å². The van der Waals surface area contributed by atoms with Crippen LogP contribution in [0.1, 0.15) is 15.9 Å². The molecule has 0 unspecified atom stereocenters. The molecule has 0 atom stereocenters. The summed E-state index contributed by atoms with van der Waals surface area (Å²) in [6.07, 6.45) is 1.45. The van der Waals surface area contributed by atoms with Crippen molar-refractivity contribution in [1.82, 2.24) is 14.4 Å². The maximum Gasteiger partial charge on any atom is 0.277 e. The molecule has 0 aliphatic carbocycles. The Morgan fingerprint density at radius 3 is 2.37 bits per heavy atom. The average molecular weight is 403 g/mol. The van der Waals surface area contributed by atoms with Gasteiger partial charge in [0.05, 0.1) is 32.5 Å². The second kappa shape index (κ2) is 6.91. The second-order valence-corrected chi connectivity index (χ2v) is 6.09. The van der Waals surface area contributed by atoms with Gasteiger partial charge in [-0.3, -0.25) is 29.4 Å². The van der Waals surface area contributed by atoms with Gasteiger partial charge >= 0.3 is 0 Å². The minimum Gasteiger partial charge on any atom is -0.305 e. The molecule has 1 amide bonds. The summed E-state index contributed by atoms with van der Waals surface area (Å²) < 4.78 is 1.59. The number of anilines is 1. The number of hydrogen-bond donors (Lipinski definition) is 1. The molecule has 2 heterocycles. The third-order valence-corrected chi connectivity index (χ3v) is 4.24. The zero-order chi connectivity index (χ0) is 21.4. The van der Waals surface area contributed by atoms with Crippen LogP contribution in [0.3, 0.4) is 0 Å². The summed E-state index contributed by atoms with van der Waals surface area (Å²) >= 11 is 0. The Labute approximate surface area is 166 Å². The maximum absolute atomic E-state index is 12.6. The van der Waals surface area contributed by atoms with Gasteiger partial charge in [-0.1, -0.05) is 12.1 Å². The maximum atomic E-state index is 12.6. The number of nitriles is 1. The van der Waals surface area contributed by atoms with E-state index >= 15 is 0 Å². The molecule has 2 aromatic heterocycles. The van der Waals surface area contributed by atoms with Gasteiger partial charge in [0.1, 0.15) is 11.6 Å². The SMILES string of the molecule is N#Cc1cn2c(nc1NC(=O)c1cc([N+](=O)[O-])cc([N+](=O)[O-])c1)nc1ccccc12. The molecule has 0 saturated carbocycles. The van der Waals surface area contributed by atoms with Crippen LogP contribution in [0.2, 0.25) is 0 Å². The van der Waals surface area contributed by atoms with E-state index < -0.39 is 27.1 Å². The number of nitrogens with one attached hydrogen (secondary N) is 1. The smallest absolute Gasteiger partial charge is 0.277 e. The van der Waals surface area contributed by atoms with Gasteiger partial charge in [0.2, 0.25) is 5.78 Å². The first kappa shape index (κ1) is 18.4. The van der Waals surface area contributed by atoms with Gasteiger partial charge in [0.15, 0.2) is 5.82 Å². The van der Waals surface area contributed by atoms with Crippen molar-refractivity contribution in [2.75, 3.05) is 5.32 Å². The number of rotatable bonds is 4. The van der Waals surface area contributed by atoms with E-state index in [0.29, 0.717) is 11.0 Å². The van der Waals surface area contributed by atoms with E-state index in [2.05, 4.69) is 15.3 Å². The van der Waals surface area contributed by atoms with E-state index in [-0.39, 0.29) is 22.7 Å². The highest BCUT2D eigenvalue weighted by molar-refractivity contribution is 6.05. The largest absolute Gasteiger partial charge is 0.305 e. The van der Waals surface area contributed by atoms with Crippen LogP contribution in [-0.2, 0) is 0 Å². The number of aromatic nitrogens is 3. The van der Waals surface area contributed by atoms with Gasteiger partial charge < -0.3 is 5.32 Å². The number of carbonyl (C=O) groups excluding carboxylic acids is 1. The quantitative estimate of drug-likeness (QED) is 0.400. The van der Waals surface area contributed by atoms with E-state index in [1.807, 2.05) is 6.07 Å². The first-order valence-corrected chi connectivity index (χ1v) is 8.30. The highest BCUT2D eigenvalue weighted by Gasteiger charge is 2.21. The fourth-order valence-corrected chi connectivity index (χ4v) is 2.88. The molecule has 30 heavy (non-hydrogen) atoms. The van der Waals surface area contributed by atoms with Crippen molar-refractivity contribution in [3.8, 4) is 6.07 Å². The van der Waals surface area contributed by atoms with Crippen molar-refractivity contribution >= 4 is 39.9 Å². The number of nitro groups is 2. The number of amides is 1. The molecule has 0 fully saturated rings. The van der Waals surface area contributed by atoms with Crippen molar-refractivity contribution < 1.29 is 14.6 Å². The highest BCUT2D eigenvalue weighted by atomic mass is 16.6. The Morgan fingerprint density at radius 2 is 1.73 bits per heavy atom. The number of nitrogens with zero attached hydrogens (tertiary/aromatic N) is 6. The van der Waals surface area contributed by atoms with Crippen LogP contribution in [0.5, 0.6) is 0 Å². The Balaban J connectivity index is 1.78. The second-order valence-electron chi connectivity index (χ2n) is 6.09. The molecule has 1 N–H and O–H groups in total. The van der Waals surface area contributed by atoms with Crippen LogP contribution in [0.4, 0.5) is 17.2 Å². The van der Waals surface area contributed by atoms with Gasteiger partial charge in [0.25, 0.3) is 17.3 Å². The van der Waals surface area contributed by atoms with Gasteiger partial charge in [-0.25, -0.2) is 4.98 Å². The lowest BCUT2D eigenvalue weighted by molar-refractivity contribution is -0.394. The molecule has 0 bridgehead atoms. The first-order chi connectivity index (χ1) is 14.4. The zero-order valence-electron chi connectivity index (χ0n) is 14.8. The normalized spacial score (nSPS) is 10.6. The standard InChI is InChI=1S/C18H9N7O5/c19-8-11-9-23-15-4-2-1-3-14(15)20-18(23)22-16(11)21-17(26)10-5-12(24(27)28)7-13(6-10)25(29)30/h1-7,9H,(H,20,21,22,26). The van der Waals surface area contributed by atoms with Crippen LogP contribution in [0.15, 0.2) is 48.7 Å². The molecule has 0 saturated heterocycles. The van der Waals surface area contributed by atoms with E-state index in [0.717, 1.165) is 18.2 Å². The van der Waals surface area contributed by atoms with Crippen LogP contribution in [0.25, 0.3) is 16.8 Å². The molecule has 2 aromatic carbocycles. The molecule has 0 radical (unpaired) electrons. The van der Waals surface area contributed by atoms with E-state index in [1.165, 1.54) is 6.20 Å². The monoisotopic (exact) mass is 403 g/mol. The number of para-hydroxylation sites is 2. The van der Waals surface area contributed by atoms with E-state index in [9.17, 15) is 30.3 Å². The molecule has 12 nitrogen and oxygen atoms in total. The van der Waals surface area contributed by atoms with Crippen molar-refractivity contribution in [2.24, 2.45) is 0 Å². The Bertz CT molecular complexity index is 1390. The Morgan fingerprint density at radius 1 is 1.07 bits per heavy atom. The Hall–Kier alpha value is -4.92. The average Bonchev–Trinajstić information content (AvgIpc) is 3.09. The van der Waals surface area contributed by atoms with Crippen molar-refractivity contribution in [2.45, 2.75) is 0 Å². The minimum absolute atomic E-state index is 0.0129. The molecule has 4 rings (SSSR count). The molecule has 0 aliphatic rings. The van der Waals surface area contributed by atoms with Crippen LogP contribution in [-0.4, -0.2) is 30.1 Å². The third-order valence-electron chi connectivity index (χ3n) is 4.24. The predicted octanol–water partition coefficient (Wildman–Crippen LogP) is 2.82. The first-order valence-electron chi connectivity index (χ1n) is 8.30. The molecule has 146 valence electrons. The molecule has 12 heteroatoms. The van der Waals surface area contributed by atoms with Gasteiger partial charge in [-0.2, -0.15) is 10.2 Å². The predicted molar refractivity (Wildman–Crippen MR) is 103 cm³/mol. The molecule has 4 aromatic rings. The van der Waals surface area contributed by atoms with Crippen molar-refractivity contribution in [1.29, 1.82) is 5.26 Å². The van der Waals surface area contributed by atoms with Gasteiger partial charge in [-0.05, 0) is 12.1 Å². The van der Waals surface area contributed by atoms with E-state index in [4.69, 9.17) is 0 Å². The van der Waals surface area contributed by atoms with Crippen LogP contribution >= 0.6 is 0 Å². The fourth-order valence-electron chi connectivity index (χ4n) is 2.88. The molecular weight excluding hydrogens is 394 g/mol. The van der Waals surface area contributed by atoms with E-state index in [1.54, 1.807) is 28.7 Å². The molecule has 0 aliphatic heterocycles. The summed E-state index contributed by atoms with van der Waals surface area (Å²) in [5.41, 5.74) is -0.195. The lowest BCUT2D eigenvalue weighted by Crippen LogP contribution is -2.15. The molecule has 0 spiro atoms. The van der Waals surface area contributed by atoms with Crippen LogP contribution in [0, 0.1) is 31.6 Å². The number of imidazole rings is 1. The van der Waals surface area contributed by atoms with Crippen LogP contribution < -0.4 is 5.32 Å². The lowest BCUT2D eigenvalue weighted by Gasteiger charge is -2.07. The van der Waals surface area contributed by atoms with Gasteiger partial charge in [0, 0.05) is 18.3 Å². The highest BCUT2D eigenvalue weighted by Crippen LogP contribution is 2.24. The summed E-state index contributed by atoms with van der Waals surface area (Å²) in [5.74, 6) is -0.804. The number of nitro benzene ring substituents is 2. The minimum atomic E-state index is -0.897. The number of carbonyl (C=O) groups is 1. The fraction of sp³-hybridized carbons (Fsp3) is 0. The number of benzene rings is 2. The summed E-state index contributed by atoms with van der Waals surface area (Å²) in [6.45, 7) is 0. The zero-order valence-corrected chi connectivity index (χ0v) is 14.8. The number of non-ortho nitro benzene ring substituents is 2. The number of hydrogen-bond acceptors (Lipinski definition) is 8. The summed E-state index contributed by atoms with van der Waals surface area (Å²) in [6, 6.07) is 11.6.